The Kier molecular flexibility index (Phi) is 6.81. The topological polar surface area (TPSA) is 76.1 Å². The summed E-state index contributed by atoms with van der Waals surface area (Å²) in [6.07, 6.45) is 2.64. The number of esters is 1. The average Bonchev–Trinajstić information content (AvgIpc) is 3.40. The molecule has 0 spiro atoms. The first-order valence-corrected chi connectivity index (χ1v) is 14.7. The summed E-state index contributed by atoms with van der Waals surface area (Å²) in [7, 11) is 0. The lowest BCUT2D eigenvalue weighted by Gasteiger charge is -2.63. The van der Waals surface area contributed by atoms with Gasteiger partial charge in [-0.3, -0.25) is 9.63 Å². The van der Waals surface area contributed by atoms with E-state index in [1.165, 1.54) is 23.8 Å². The predicted molar refractivity (Wildman–Crippen MR) is 144 cm³/mol. The number of carbonyl (C=O) groups is 2. The average molecular weight is 576 g/mol. The Labute approximate surface area is 238 Å². The van der Waals surface area contributed by atoms with Gasteiger partial charge in [0, 0.05) is 35.8 Å². The van der Waals surface area contributed by atoms with Crippen molar-refractivity contribution in [1.29, 1.82) is 0 Å². The van der Waals surface area contributed by atoms with E-state index in [1.807, 2.05) is 25.1 Å². The number of hydrogen-bond acceptors (Lipinski definition) is 6. The summed E-state index contributed by atoms with van der Waals surface area (Å²) in [5, 5.41) is 13.4. The largest absolute Gasteiger partial charge is 0.447 e. The monoisotopic (exact) mass is 575 g/mol. The first-order valence-electron chi connectivity index (χ1n) is 14.2. The fourth-order valence-electron chi connectivity index (χ4n) is 9.06. The van der Waals surface area contributed by atoms with E-state index >= 15 is 8.78 Å². The summed E-state index contributed by atoms with van der Waals surface area (Å²) in [6, 6.07) is 9.74. The van der Waals surface area contributed by atoms with Crippen LogP contribution >= 0.6 is 11.6 Å². The maximum Gasteiger partial charge on any atom is 0.342 e. The highest BCUT2D eigenvalue weighted by atomic mass is 35.5. The molecule has 6 nitrogen and oxygen atoms in total. The molecule has 216 valence electrons. The van der Waals surface area contributed by atoms with E-state index in [2.05, 4.69) is 12.1 Å². The van der Waals surface area contributed by atoms with Crippen molar-refractivity contribution in [3.8, 4) is 0 Å². The maximum absolute atomic E-state index is 17.5. The van der Waals surface area contributed by atoms with Crippen LogP contribution in [0.5, 0.6) is 0 Å². The minimum Gasteiger partial charge on any atom is -0.447 e. The third kappa shape index (κ3) is 3.68. The number of aryl methyl sites for hydroxylation is 1. The Morgan fingerprint density at radius 2 is 1.98 bits per heavy atom. The molecule has 1 aromatic carbocycles. The summed E-state index contributed by atoms with van der Waals surface area (Å²) in [6.45, 7) is 4.45. The highest BCUT2D eigenvalue weighted by molar-refractivity contribution is 6.17. The van der Waals surface area contributed by atoms with Gasteiger partial charge in [-0.05, 0) is 68.2 Å². The number of ether oxygens (including phenoxy) is 1. The second-order valence-electron chi connectivity index (χ2n) is 12.6. The van der Waals surface area contributed by atoms with Crippen LogP contribution in [0, 0.1) is 28.6 Å². The Morgan fingerprint density at radius 3 is 2.70 bits per heavy atom. The van der Waals surface area contributed by atoms with Crippen molar-refractivity contribution in [2.75, 3.05) is 19.2 Å². The lowest BCUT2D eigenvalue weighted by molar-refractivity contribution is -0.274. The molecule has 0 aromatic heterocycles. The van der Waals surface area contributed by atoms with Gasteiger partial charge >= 0.3 is 5.97 Å². The number of carbonyl (C=O) groups excluding carboxylic acids is 2. The van der Waals surface area contributed by atoms with Crippen molar-refractivity contribution in [1.82, 2.24) is 5.06 Å². The molecule has 1 N–H and O–H groups in total. The van der Waals surface area contributed by atoms with Crippen LogP contribution in [0.15, 0.2) is 54.1 Å². The molecule has 1 aliphatic heterocycles. The van der Waals surface area contributed by atoms with Crippen LogP contribution in [-0.2, 0) is 25.6 Å². The van der Waals surface area contributed by atoms with Gasteiger partial charge < -0.3 is 9.84 Å². The SMILES string of the molecule is CC12C=CC(=O)C=C1C(F)CC1C3CC4CN(CCCc5ccccc5)OC4(C(=O)OCCl)C3(C)CC(O)C12F. The number of benzene rings is 1. The van der Waals surface area contributed by atoms with Gasteiger partial charge in [-0.25, -0.2) is 13.6 Å². The minimum absolute atomic E-state index is 0.0714. The van der Waals surface area contributed by atoms with Crippen LogP contribution in [0.2, 0.25) is 0 Å². The summed E-state index contributed by atoms with van der Waals surface area (Å²) < 4.78 is 38.6. The Bertz CT molecular complexity index is 1260. The number of rotatable bonds is 6. The van der Waals surface area contributed by atoms with Gasteiger partial charge in [0.1, 0.15) is 6.17 Å². The first kappa shape index (κ1) is 28.0. The highest BCUT2D eigenvalue weighted by Gasteiger charge is 2.80. The fourth-order valence-corrected chi connectivity index (χ4v) is 9.16. The van der Waals surface area contributed by atoms with Crippen molar-refractivity contribution < 1.29 is 33.1 Å². The number of fused-ring (bicyclic) bond motifs is 7. The summed E-state index contributed by atoms with van der Waals surface area (Å²) in [5.74, 6) is -2.69. The molecule has 6 rings (SSSR count). The number of ketones is 1. The molecule has 40 heavy (non-hydrogen) atoms. The zero-order chi connectivity index (χ0) is 28.5. The quantitative estimate of drug-likeness (QED) is 0.385. The number of hydrogen-bond donors (Lipinski definition) is 1. The molecular weight excluding hydrogens is 540 g/mol. The van der Waals surface area contributed by atoms with Crippen molar-refractivity contribution in [2.24, 2.45) is 28.6 Å². The molecule has 5 aliphatic rings. The predicted octanol–water partition coefficient (Wildman–Crippen LogP) is 4.89. The van der Waals surface area contributed by atoms with Crippen LogP contribution in [0.3, 0.4) is 0 Å². The maximum atomic E-state index is 17.5. The van der Waals surface area contributed by atoms with Gasteiger partial charge in [-0.2, -0.15) is 5.06 Å². The summed E-state index contributed by atoms with van der Waals surface area (Å²) in [4.78, 5) is 32.3. The zero-order valence-electron chi connectivity index (χ0n) is 22.8. The molecule has 9 atom stereocenters. The van der Waals surface area contributed by atoms with Crippen molar-refractivity contribution in [3.63, 3.8) is 0 Å². The van der Waals surface area contributed by atoms with Crippen molar-refractivity contribution in [3.05, 3.63) is 59.7 Å². The standard InChI is InChI=1S/C31H36ClF2NO5/c1-28-11-10-21(36)14-24(28)25(33)15-23-22-13-20-17-35(12-6-9-19-7-4-3-5-8-19)40-31(20,27(38)39-18-32)29(22,2)16-26(37)30(23,28)34/h3-5,7-8,10-11,14,20,22-23,25-26,37H,6,9,12-13,15-18H2,1-2H3. The second-order valence-corrected chi connectivity index (χ2v) is 12.9. The smallest absolute Gasteiger partial charge is 0.342 e. The Morgan fingerprint density at radius 1 is 1.23 bits per heavy atom. The van der Waals surface area contributed by atoms with E-state index in [1.54, 1.807) is 12.0 Å². The molecule has 1 aromatic rings. The van der Waals surface area contributed by atoms with Crippen LogP contribution in [0.4, 0.5) is 8.78 Å². The van der Waals surface area contributed by atoms with Crippen LogP contribution in [0.25, 0.3) is 0 Å². The van der Waals surface area contributed by atoms with E-state index in [4.69, 9.17) is 21.2 Å². The molecule has 3 saturated carbocycles. The van der Waals surface area contributed by atoms with Gasteiger partial charge in [0.25, 0.3) is 0 Å². The van der Waals surface area contributed by atoms with Crippen molar-refractivity contribution >= 4 is 23.4 Å². The third-order valence-electron chi connectivity index (χ3n) is 10.9. The molecule has 4 aliphatic carbocycles. The normalized spacial score (nSPS) is 43.9. The molecule has 1 saturated heterocycles. The lowest BCUT2D eigenvalue weighted by atomic mass is 9.44. The minimum atomic E-state index is -2.21. The number of aliphatic hydroxyl groups is 1. The van der Waals surface area contributed by atoms with Crippen molar-refractivity contribution in [2.45, 2.75) is 69.5 Å². The molecule has 0 amide bonds. The number of allylic oxidation sites excluding steroid dienone is 4. The van der Waals surface area contributed by atoms with E-state index in [9.17, 15) is 14.7 Å². The number of hydroxylamine groups is 2. The van der Waals surface area contributed by atoms with E-state index in [-0.39, 0.29) is 36.2 Å². The number of halogens is 3. The number of nitrogens with zero attached hydrogens (tertiary/aromatic N) is 1. The second kappa shape index (κ2) is 9.72. The summed E-state index contributed by atoms with van der Waals surface area (Å²) in [5.41, 5.74) is -4.90. The number of aliphatic hydroxyl groups excluding tert-OH is 1. The lowest BCUT2D eigenvalue weighted by Crippen LogP contribution is -2.70. The van der Waals surface area contributed by atoms with E-state index in [0.717, 1.165) is 12.8 Å². The molecule has 4 fully saturated rings. The molecule has 9 unspecified atom stereocenters. The van der Waals surface area contributed by atoms with Gasteiger partial charge in [0.15, 0.2) is 23.1 Å². The molecular formula is C31H36ClF2NO5. The number of alkyl halides is 3. The molecule has 9 heteroatoms. The Balaban J connectivity index is 1.32. The van der Waals surface area contributed by atoms with Gasteiger partial charge in [-0.1, -0.05) is 54.9 Å². The van der Waals surface area contributed by atoms with Crippen LogP contribution < -0.4 is 0 Å². The third-order valence-corrected chi connectivity index (χ3v) is 11.0. The highest BCUT2D eigenvalue weighted by Crippen LogP contribution is 2.72. The summed E-state index contributed by atoms with van der Waals surface area (Å²) >= 11 is 5.84. The van der Waals surface area contributed by atoms with Crippen LogP contribution in [-0.4, -0.2) is 64.6 Å². The zero-order valence-corrected chi connectivity index (χ0v) is 23.6. The van der Waals surface area contributed by atoms with Gasteiger partial charge in [-0.15, -0.1) is 0 Å². The Hall–Kier alpha value is -2.13. The van der Waals surface area contributed by atoms with E-state index in [0.29, 0.717) is 19.5 Å². The van der Waals surface area contributed by atoms with Gasteiger partial charge in [0.05, 0.1) is 6.10 Å². The molecule has 1 heterocycles. The fraction of sp³-hybridized carbons (Fsp3) is 0.613. The first-order chi connectivity index (χ1) is 19.0. The van der Waals surface area contributed by atoms with Gasteiger partial charge in [0.2, 0.25) is 0 Å². The molecule has 0 radical (unpaired) electrons. The molecule has 0 bridgehead atoms. The van der Waals surface area contributed by atoms with E-state index < -0.39 is 52.2 Å². The van der Waals surface area contributed by atoms with Crippen LogP contribution in [0.1, 0.15) is 45.1 Å².